The van der Waals surface area contributed by atoms with Gasteiger partial charge in [0.25, 0.3) is 0 Å². The molecule has 1 aromatic heterocycles. The van der Waals surface area contributed by atoms with Crippen LogP contribution in [0.25, 0.3) is 11.5 Å². The minimum atomic E-state index is -3.56. The van der Waals surface area contributed by atoms with Crippen LogP contribution in [-0.2, 0) is 14.8 Å². The van der Waals surface area contributed by atoms with Gasteiger partial charge in [-0.05, 0) is 43.5 Å². The number of piperidine rings is 1. The van der Waals surface area contributed by atoms with Crippen LogP contribution in [0.5, 0.6) is 0 Å². The van der Waals surface area contributed by atoms with Crippen molar-refractivity contribution in [2.45, 2.75) is 24.2 Å². The number of amides is 1. The monoisotopic (exact) mass is 406 g/mol. The third-order valence-electron chi connectivity index (χ3n) is 4.96. The number of sulfonamides is 1. The minimum absolute atomic E-state index is 0.0399. The fraction of sp³-hybridized carbons (Fsp3) is 0.500. The fourth-order valence-corrected chi connectivity index (χ4v) is 4.77. The zero-order chi connectivity index (χ0) is 19.6. The molecule has 0 saturated carbocycles. The highest BCUT2D eigenvalue weighted by Gasteiger charge is 2.27. The minimum Gasteiger partial charge on any atom is -0.412 e. The van der Waals surface area contributed by atoms with Crippen molar-refractivity contribution < 1.29 is 22.4 Å². The second kappa shape index (κ2) is 7.98. The molecule has 0 atom stereocenters. The number of likely N-dealkylation sites (tertiary alicyclic amines) is 1. The summed E-state index contributed by atoms with van der Waals surface area (Å²) in [5.41, 5.74) is 0.561. The van der Waals surface area contributed by atoms with Gasteiger partial charge in [-0.2, -0.15) is 4.31 Å². The molecule has 0 bridgehead atoms. The number of carbonyl (C=O) groups is 1. The topological polar surface area (TPSA) is 106 Å². The van der Waals surface area contributed by atoms with Gasteiger partial charge >= 0.3 is 11.8 Å². The van der Waals surface area contributed by atoms with Crippen LogP contribution in [0.3, 0.4) is 0 Å². The zero-order valence-corrected chi connectivity index (χ0v) is 16.2. The van der Waals surface area contributed by atoms with Crippen molar-refractivity contribution in [3.8, 4) is 11.5 Å². The molecule has 9 nitrogen and oxygen atoms in total. The Morgan fingerprint density at radius 1 is 0.929 bits per heavy atom. The number of aromatic nitrogens is 2. The Kier molecular flexibility index (Phi) is 5.42. The predicted octanol–water partition coefficient (Wildman–Crippen LogP) is 1.38. The Labute approximate surface area is 163 Å². The summed E-state index contributed by atoms with van der Waals surface area (Å²) in [5.74, 6) is -0.109. The van der Waals surface area contributed by atoms with Crippen molar-refractivity contribution in [3.05, 3.63) is 30.2 Å². The second-order valence-corrected chi connectivity index (χ2v) is 8.74. The van der Waals surface area contributed by atoms with Crippen LogP contribution in [0.15, 0.2) is 33.6 Å². The lowest BCUT2D eigenvalue weighted by atomic mass is 10.1. The molecule has 150 valence electrons. The fourth-order valence-electron chi connectivity index (χ4n) is 3.36. The number of rotatable bonds is 4. The second-order valence-electron chi connectivity index (χ2n) is 6.81. The summed E-state index contributed by atoms with van der Waals surface area (Å²) >= 11 is 0. The molecule has 2 saturated heterocycles. The van der Waals surface area contributed by atoms with Crippen molar-refractivity contribution in [1.29, 1.82) is 0 Å². The molecule has 0 spiro atoms. The molecule has 28 heavy (non-hydrogen) atoms. The van der Waals surface area contributed by atoms with Crippen LogP contribution in [0.1, 0.15) is 29.9 Å². The first-order chi connectivity index (χ1) is 13.6. The summed E-state index contributed by atoms with van der Waals surface area (Å²) in [6.45, 7) is 2.88. The maximum atomic E-state index is 12.7. The van der Waals surface area contributed by atoms with Gasteiger partial charge in [0.1, 0.15) is 0 Å². The van der Waals surface area contributed by atoms with Gasteiger partial charge in [0.05, 0.1) is 18.1 Å². The molecular weight excluding hydrogens is 384 g/mol. The molecule has 0 unspecified atom stereocenters. The Bertz CT molecular complexity index is 929. The molecule has 2 aromatic rings. The van der Waals surface area contributed by atoms with E-state index in [0.29, 0.717) is 45.0 Å². The maximum Gasteiger partial charge on any atom is 0.311 e. The standard InChI is InChI=1S/C18H22N4O5S/c23-18(21-8-2-1-3-9-21)17-20-19-16(27-17)14-4-6-15(7-5-14)28(24,25)22-10-12-26-13-11-22/h4-7H,1-3,8-13H2. The van der Waals surface area contributed by atoms with E-state index in [1.807, 2.05) is 0 Å². The normalized spacial score (nSPS) is 18.9. The summed E-state index contributed by atoms with van der Waals surface area (Å²) in [4.78, 5) is 14.4. The molecule has 10 heteroatoms. The molecule has 1 aromatic carbocycles. The van der Waals surface area contributed by atoms with E-state index < -0.39 is 10.0 Å². The molecule has 0 aliphatic carbocycles. The quantitative estimate of drug-likeness (QED) is 0.755. The largest absolute Gasteiger partial charge is 0.412 e. The first-order valence-corrected chi connectivity index (χ1v) is 10.8. The number of carbonyl (C=O) groups excluding carboxylic acids is 1. The van der Waals surface area contributed by atoms with Crippen molar-refractivity contribution in [1.82, 2.24) is 19.4 Å². The van der Waals surface area contributed by atoms with E-state index in [0.717, 1.165) is 19.3 Å². The Balaban J connectivity index is 1.50. The van der Waals surface area contributed by atoms with Crippen molar-refractivity contribution in [3.63, 3.8) is 0 Å². The van der Waals surface area contributed by atoms with E-state index in [4.69, 9.17) is 9.15 Å². The summed E-state index contributed by atoms with van der Waals surface area (Å²) < 4.78 is 37.5. The van der Waals surface area contributed by atoms with Crippen LogP contribution in [0.4, 0.5) is 0 Å². The molecule has 3 heterocycles. The average Bonchev–Trinajstić information content (AvgIpc) is 3.25. The lowest BCUT2D eigenvalue weighted by molar-refractivity contribution is 0.0684. The Morgan fingerprint density at radius 3 is 2.29 bits per heavy atom. The van der Waals surface area contributed by atoms with E-state index in [1.54, 1.807) is 17.0 Å². The number of ether oxygens (including phenoxy) is 1. The van der Waals surface area contributed by atoms with Crippen LogP contribution in [0.2, 0.25) is 0 Å². The predicted molar refractivity (Wildman–Crippen MR) is 99.1 cm³/mol. The molecule has 1 amide bonds. The highest BCUT2D eigenvalue weighted by atomic mass is 32.2. The molecule has 2 aliphatic heterocycles. The van der Waals surface area contributed by atoms with Crippen LogP contribution < -0.4 is 0 Å². The number of hydrogen-bond acceptors (Lipinski definition) is 7. The smallest absolute Gasteiger partial charge is 0.311 e. The van der Waals surface area contributed by atoms with E-state index in [-0.39, 0.29) is 22.6 Å². The van der Waals surface area contributed by atoms with Gasteiger partial charge in [0.2, 0.25) is 15.9 Å². The lowest BCUT2D eigenvalue weighted by Gasteiger charge is -2.26. The van der Waals surface area contributed by atoms with Crippen LogP contribution in [-0.4, -0.2) is 73.1 Å². The SMILES string of the molecule is O=C(c1nnc(-c2ccc(S(=O)(=O)N3CCOCC3)cc2)o1)N1CCCCC1. The maximum absolute atomic E-state index is 12.7. The Hall–Kier alpha value is -2.30. The third-order valence-corrected chi connectivity index (χ3v) is 6.87. The molecule has 0 N–H and O–H groups in total. The van der Waals surface area contributed by atoms with Gasteiger partial charge in [-0.25, -0.2) is 8.42 Å². The van der Waals surface area contributed by atoms with E-state index >= 15 is 0 Å². The molecular formula is C18H22N4O5S. The van der Waals surface area contributed by atoms with Gasteiger partial charge < -0.3 is 14.1 Å². The average molecular weight is 406 g/mol. The summed E-state index contributed by atoms with van der Waals surface area (Å²) in [7, 11) is -3.56. The number of nitrogens with zero attached hydrogens (tertiary/aromatic N) is 4. The van der Waals surface area contributed by atoms with Crippen molar-refractivity contribution >= 4 is 15.9 Å². The Morgan fingerprint density at radius 2 is 1.61 bits per heavy atom. The van der Waals surface area contributed by atoms with Gasteiger partial charge in [-0.3, -0.25) is 4.79 Å². The highest BCUT2D eigenvalue weighted by molar-refractivity contribution is 7.89. The zero-order valence-electron chi connectivity index (χ0n) is 15.4. The summed E-state index contributed by atoms with van der Waals surface area (Å²) in [6.07, 6.45) is 3.08. The lowest BCUT2D eigenvalue weighted by Crippen LogP contribution is -2.40. The number of benzene rings is 1. The van der Waals surface area contributed by atoms with Crippen LogP contribution in [0, 0.1) is 0 Å². The number of morpholine rings is 1. The van der Waals surface area contributed by atoms with Crippen LogP contribution >= 0.6 is 0 Å². The van der Waals surface area contributed by atoms with E-state index in [9.17, 15) is 13.2 Å². The van der Waals surface area contributed by atoms with E-state index in [2.05, 4.69) is 10.2 Å². The van der Waals surface area contributed by atoms with Gasteiger partial charge in [0.15, 0.2) is 0 Å². The highest BCUT2D eigenvalue weighted by Crippen LogP contribution is 2.23. The summed E-state index contributed by atoms with van der Waals surface area (Å²) in [5, 5.41) is 7.81. The molecule has 2 fully saturated rings. The first kappa shape index (κ1) is 19.0. The number of hydrogen-bond donors (Lipinski definition) is 0. The van der Waals surface area contributed by atoms with Crippen molar-refractivity contribution in [2.75, 3.05) is 39.4 Å². The molecule has 0 radical (unpaired) electrons. The molecule has 2 aliphatic rings. The first-order valence-electron chi connectivity index (χ1n) is 9.37. The van der Waals surface area contributed by atoms with Crippen molar-refractivity contribution in [2.24, 2.45) is 0 Å². The van der Waals surface area contributed by atoms with Gasteiger partial charge in [-0.1, -0.05) is 0 Å². The van der Waals surface area contributed by atoms with Gasteiger partial charge in [-0.15, -0.1) is 10.2 Å². The van der Waals surface area contributed by atoms with Gasteiger partial charge in [0, 0.05) is 31.7 Å². The molecule has 4 rings (SSSR count). The van der Waals surface area contributed by atoms with E-state index in [1.165, 1.54) is 16.4 Å². The third kappa shape index (κ3) is 3.80. The summed E-state index contributed by atoms with van der Waals surface area (Å²) in [6, 6.07) is 6.24.